The topological polar surface area (TPSA) is 94.3 Å². The Morgan fingerprint density at radius 2 is 2.28 bits per heavy atom. The highest BCUT2D eigenvalue weighted by Gasteiger charge is 2.29. The van der Waals surface area contributed by atoms with Crippen LogP contribution in [0.1, 0.15) is 17.9 Å². The van der Waals surface area contributed by atoms with Crippen LogP contribution in [0.3, 0.4) is 0 Å². The van der Waals surface area contributed by atoms with Crippen LogP contribution in [0.5, 0.6) is 0 Å². The first-order valence-electron chi connectivity index (χ1n) is 7.28. The van der Waals surface area contributed by atoms with Gasteiger partial charge in [-0.2, -0.15) is 8.47 Å². The summed E-state index contributed by atoms with van der Waals surface area (Å²) in [6, 6.07) is 11.7. The zero-order valence-electron chi connectivity index (χ0n) is 12.9. The van der Waals surface area contributed by atoms with E-state index in [2.05, 4.69) is 19.9 Å². The maximum absolute atomic E-state index is 12.1. The molecule has 2 aliphatic heterocycles. The third-order valence-electron chi connectivity index (χ3n) is 3.47. The third kappa shape index (κ3) is 4.71. The quantitative estimate of drug-likeness (QED) is 0.641. The molecule has 1 aromatic carbocycles. The molecule has 2 aliphatic rings. The van der Waals surface area contributed by atoms with E-state index in [9.17, 15) is 14.9 Å². The fourth-order valence-electron chi connectivity index (χ4n) is 2.39. The molecule has 1 aromatic rings. The molecule has 1 atom stereocenters. The number of amides is 2. The summed E-state index contributed by atoms with van der Waals surface area (Å²) < 4.78 is 6.23. The molecule has 6 nitrogen and oxygen atoms in total. The minimum Gasteiger partial charge on any atom is -0.320 e. The van der Waals surface area contributed by atoms with Crippen molar-refractivity contribution in [3.05, 3.63) is 46.5 Å². The van der Waals surface area contributed by atoms with Gasteiger partial charge in [-0.1, -0.05) is 53.9 Å². The lowest BCUT2D eigenvalue weighted by Gasteiger charge is -2.24. The second-order valence-corrected chi connectivity index (χ2v) is 9.45. The van der Waals surface area contributed by atoms with Crippen LogP contribution in [0.15, 0.2) is 44.1 Å². The molecule has 128 valence electrons. The Labute approximate surface area is 163 Å². The Kier molecular flexibility index (Phi) is 6.28. The zero-order chi connectivity index (χ0) is 17.6. The highest BCUT2D eigenvalue weighted by molar-refractivity contribution is 14.2. The number of halogens is 1. The number of benzene rings is 1. The molecule has 0 aromatic heterocycles. The van der Waals surface area contributed by atoms with Crippen molar-refractivity contribution in [2.45, 2.75) is 12.3 Å². The number of amidine groups is 1. The minimum absolute atomic E-state index is 0.111. The highest BCUT2D eigenvalue weighted by atomic mass is 127. The summed E-state index contributed by atoms with van der Waals surface area (Å²) >= 11 is 2.30. The Morgan fingerprint density at radius 3 is 2.96 bits per heavy atom. The smallest absolute Gasteiger partial charge is 0.236 e. The fraction of sp³-hybridized carbons (Fsp3) is 0.188. The summed E-state index contributed by atoms with van der Waals surface area (Å²) in [6.07, 6.45) is 0.232. The van der Waals surface area contributed by atoms with Gasteiger partial charge >= 0.3 is 0 Å². The number of thioether (sulfide) groups is 2. The van der Waals surface area contributed by atoms with Gasteiger partial charge in [-0.05, 0) is 5.56 Å². The predicted octanol–water partition coefficient (Wildman–Crippen LogP) is 2.62. The second-order valence-electron chi connectivity index (χ2n) is 5.10. The lowest BCUT2D eigenvalue weighted by molar-refractivity contribution is -0.121. The molecule has 0 bridgehead atoms. The Morgan fingerprint density at radius 1 is 1.48 bits per heavy atom. The molecule has 2 heterocycles. The largest absolute Gasteiger partial charge is 0.320 e. The van der Waals surface area contributed by atoms with Gasteiger partial charge in [0.05, 0.1) is 22.4 Å². The van der Waals surface area contributed by atoms with Crippen molar-refractivity contribution in [1.29, 1.82) is 5.26 Å². The number of allylic oxidation sites excluding steroid dienone is 1. The average molecular weight is 484 g/mol. The van der Waals surface area contributed by atoms with E-state index in [1.807, 2.05) is 33.7 Å². The molecular weight excluding hydrogens is 471 g/mol. The molecule has 0 fully saturated rings. The van der Waals surface area contributed by atoms with Gasteiger partial charge in [0, 0.05) is 36.7 Å². The van der Waals surface area contributed by atoms with Crippen LogP contribution >= 0.6 is 44.5 Å². The minimum atomic E-state index is -0.306. The normalized spacial score (nSPS) is 19.6. The standard InChI is InChI=1S/C16H13IN4O2S2/c18-7-12-11(10-4-2-1-3-5-10)6-13(22)19-15(12)24-8-14(23)20-16-21-17-9-25-16/h1-5,9,11H,6,8H2,(H,19,22)(H,20,21,23). The maximum Gasteiger partial charge on any atom is 0.236 e. The number of carbonyl (C=O) groups is 2. The first kappa shape index (κ1) is 18.2. The first-order chi connectivity index (χ1) is 12.2. The van der Waals surface area contributed by atoms with E-state index < -0.39 is 0 Å². The third-order valence-corrected chi connectivity index (χ3v) is 7.61. The monoisotopic (exact) mass is 484 g/mol. The number of nitriles is 1. The van der Waals surface area contributed by atoms with Crippen molar-refractivity contribution in [3.63, 3.8) is 0 Å². The number of carbonyl (C=O) groups excluding carboxylic acids is 2. The van der Waals surface area contributed by atoms with Gasteiger partial charge in [0.25, 0.3) is 0 Å². The number of hydrogen-bond acceptors (Lipinski definition) is 6. The van der Waals surface area contributed by atoms with Crippen LogP contribution in [0.4, 0.5) is 0 Å². The van der Waals surface area contributed by atoms with Crippen molar-refractivity contribution in [2.75, 3.05) is 5.75 Å². The van der Waals surface area contributed by atoms with Crippen LogP contribution < -0.4 is 10.6 Å². The van der Waals surface area contributed by atoms with Gasteiger partial charge in [-0.25, -0.2) is 0 Å². The lowest BCUT2D eigenvalue weighted by atomic mass is 9.87. The second kappa shape index (κ2) is 8.64. The van der Waals surface area contributed by atoms with Gasteiger partial charge in [0.1, 0.15) is 0 Å². The molecule has 0 radical (unpaired) electrons. The molecule has 3 rings (SSSR count). The van der Waals surface area contributed by atoms with Gasteiger partial charge in [-0.3, -0.25) is 9.59 Å². The van der Waals surface area contributed by atoms with E-state index in [0.29, 0.717) is 15.8 Å². The van der Waals surface area contributed by atoms with Crippen molar-refractivity contribution < 1.29 is 9.59 Å². The molecule has 1 unspecified atom stereocenters. The van der Waals surface area contributed by atoms with Crippen molar-refractivity contribution in [3.8, 4) is 6.07 Å². The first-order valence-corrected chi connectivity index (χ1v) is 11.4. The summed E-state index contributed by atoms with van der Waals surface area (Å²) in [5.41, 5.74) is 1.42. The van der Waals surface area contributed by atoms with Crippen LogP contribution in [0.2, 0.25) is 0 Å². The lowest BCUT2D eigenvalue weighted by Crippen LogP contribution is -2.33. The van der Waals surface area contributed by atoms with E-state index >= 15 is 0 Å². The Bertz CT molecular complexity index is 830. The van der Waals surface area contributed by atoms with Gasteiger partial charge in [0.2, 0.25) is 11.8 Å². The number of rotatable bonds is 4. The predicted molar refractivity (Wildman–Crippen MR) is 110 cm³/mol. The van der Waals surface area contributed by atoms with Crippen molar-refractivity contribution in [2.24, 2.45) is 3.21 Å². The van der Waals surface area contributed by atoms with E-state index in [1.54, 1.807) is 0 Å². The molecule has 2 N–H and O–H groups in total. The molecule has 0 spiro atoms. The highest BCUT2D eigenvalue weighted by Crippen LogP contribution is 2.35. The SMILES string of the molecule is N#CC1=C(SCC(=O)NC2=NI=CS2)NC(=O)CC1c1ccccc1. The Balaban J connectivity index is 1.73. The molecule has 0 aliphatic carbocycles. The zero-order valence-corrected chi connectivity index (χ0v) is 16.7. The van der Waals surface area contributed by atoms with Crippen LogP contribution in [0, 0.1) is 11.3 Å². The maximum atomic E-state index is 12.1. The summed E-state index contributed by atoms with van der Waals surface area (Å²) in [6.45, 7) is 0. The Hall–Kier alpha value is -1.64. The van der Waals surface area contributed by atoms with Gasteiger partial charge in [0.15, 0.2) is 5.17 Å². The van der Waals surface area contributed by atoms with Crippen LogP contribution in [-0.2, 0) is 9.59 Å². The van der Waals surface area contributed by atoms with Gasteiger partial charge in [-0.15, -0.1) is 0 Å². The molecule has 9 heteroatoms. The molecule has 25 heavy (non-hydrogen) atoms. The van der Waals surface area contributed by atoms with Gasteiger partial charge < -0.3 is 10.6 Å². The summed E-state index contributed by atoms with van der Waals surface area (Å²) in [7, 11) is 0. The van der Waals surface area contributed by atoms with Crippen molar-refractivity contribution in [1.82, 2.24) is 10.6 Å². The summed E-state index contributed by atoms with van der Waals surface area (Å²) in [5.74, 6) is -0.512. The summed E-state index contributed by atoms with van der Waals surface area (Å²) in [5, 5.41) is 16.1. The molecule has 0 saturated heterocycles. The molecule has 0 saturated carbocycles. The van der Waals surface area contributed by atoms with Crippen LogP contribution in [0.25, 0.3) is 0 Å². The number of nitrogens with one attached hydrogen (secondary N) is 2. The van der Waals surface area contributed by atoms with E-state index in [-0.39, 0.29) is 50.9 Å². The number of nitrogens with zero attached hydrogens (tertiary/aromatic N) is 2. The van der Waals surface area contributed by atoms with E-state index in [1.165, 1.54) is 23.5 Å². The summed E-state index contributed by atoms with van der Waals surface area (Å²) in [4.78, 5) is 24.1. The fourth-order valence-corrected chi connectivity index (χ4v) is 6.03. The number of hydrogen-bond donors (Lipinski definition) is 2. The molecule has 2 amide bonds. The van der Waals surface area contributed by atoms with E-state index in [0.717, 1.165) is 5.56 Å². The molecular formula is C16H13IN4O2S2. The average Bonchev–Trinajstić information content (AvgIpc) is 3.13. The van der Waals surface area contributed by atoms with Crippen molar-refractivity contribution >= 4 is 64.9 Å². The van der Waals surface area contributed by atoms with Crippen LogP contribution in [-0.4, -0.2) is 26.1 Å². The van der Waals surface area contributed by atoms with E-state index in [4.69, 9.17) is 0 Å².